The zero-order valence-corrected chi connectivity index (χ0v) is 10.9. The average Bonchev–Trinajstić information content (AvgIpc) is 2.56. The minimum absolute atomic E-state index is 0.773. The van der Waals surface area contributed by atoms with Crippen LogP contribution in [0.1, 0.15) is 64.7 Å². The van der Waals surface area contributed by atoms with Gasteiger partial charge in [-0.2, -0.15) is 0 Å². The summed E-state index contributed by atoms with van der Waals surface area (Å²) in [5.74, 6) is 1.01. The van der Waals surface area contributed by atoms with Gasteiger partial charge in [-0.15, -0.1) is 0 Å². The van der Waals surface area contributed by atoms with E-state index in [0.717, 1.165) is 12.0 Å². The van der Waals surface area contributed by atoms with Crippen molar-refractivity contribution in [1.82, 2.24) is 10.4 Å². The van der Waals surface area contributed by atoms with Gasteiger partial charge in [-0.1, -0.05) is 32.6 Å². The number of hydrogen-bond donors (Lipinski definition) is 1. The molecule has 1 aliphatic heterocycles. The van der Waals surface area contributed by atoms with E-state index < -0.39 is 0 Å². The summed E-state index contributed by atoms with van der Waals surface area (Å²) in [4.78, 5) is 0. The van der Waals surface area contributed by atoms with E-state index in [1.54, 1.807) is 0 Å². The molecule has 0 radical (unpaired) electrons. The second kappa shape index (κ2) is 6.61. The highest BCUT2D eigenvalue weighted by Gasteiger charge is 2.20. The van der Waals surface area contributed by atoms with Crippen LogP contribution in [-0.4, -0.2) is 24.1 Å². The van der Waals surface area contributed by atoms with E-state index in [1.165, 1.54) is 70.9 Å². The maximum absolute atomic E-state index is 3.78. The van der Waals surface area contributed by atoms with Crippen molar-refractivity contribution in [3.8, 4) is 0 Å². The summed E-state index contributed by atoms with van der Waals surface area (Å²) in [5, 5.41) is 2.49. The minimum atomic E-state index is 0.773. The van der Waals surface area contributed by atoms with Crippen molar-refractivity contribution in [3.05, 3.63) is 0 Å². The monoisotopic (exact) mass is 224 g/mol. The zero-order valence-electron chi connectivity index (χ0n) is 10.9. The predicted octanol–water partition coefficient (Wildman–Crippen LogP) is 3.34. The van der Waals surface area contributed by atoms with E-state index in [1.807, 2.05) is 0 Å². The van der Waals surface area contributed by atoms with Crippen LogP contribution >= 0.6 is 0 Å². The van der Waals surface area contributed by atoms with Crippen molar-refractivity contribution in [2.24, 2.45) is 5.92 Å². The molecule has 2 unspecified atom stereocenters. The number of nitrogens with one attached hydrogen (secondary N) is 1. The van der Waals surface area contributed by atoms with Crippen molar-refractivity contribution < 1.29 is 0 Å². The Balaban J connectivity index is 1.72. The fourth-order valence-corrected chi connectivity index (χ4v) is 3.20. The first-order chi connectivity index (χ1) is 7.88. The Kier molecular flexibility index (Phi) is 5.11. The van der Waals surface area contributed by atoms with Crippen LogP contribution in [0.15, 0.2) is 0 Å². The molecule has 0 aromatic heterocycles. The molecule has 2 aliphatic rings. The second-order valence-electron chi connectivity index (χ2n) is 5.66. The van der Waals surface area contributed by atoms with Gasteiger partial charge in [-0.05, 0) is 38.0 Å². The Hall–Kier alpha value is -0.0800. The minimum Gasteiger partial charge on any atom is -0.252 e. The third-order valence-electron chi connectivity index (χ3n) is 4.39. The van der Waals surface area contributed by atoms with Gasteiger partial charge in [0.2, 0.25) is 0 Å². The molecule has 1 heterocycles. The fourth-order valence-electron chi connectivity index (χ4n) is 3.20. The molecule has 16 heavy (non-hydrogen) atoms. The summed E-state index contributed by atoms with van der Waals surface area (Å²) in [5.41, 5.74) is 3.78. The van der Waals surface area contributed by atoms with Crippen molar-refractivity contribution in [3.63, 3.8) is 0 Å². The Bertz CT molecular complexity index is 187. The molecule has 2 rings (SSSR count). The van der Waals surface area contributed by atoms with Crippen molar-refractivity contribution in [2.45, 2.75) is 70.8 Å². The Morgan fingerprint density at radius 1 is 0.938 bits per heavy atom. The molecule has 1 saturated carbocycles. The van der Waals surface area contributed by atoms with Gasteiger partial charge in [-0.3, -0.25) is 5.43 Å². The van der Waals surface area contributed by atoms with Gasteiger partial charge in [0.15, 0.2) is 0 Å². The van der Waals surface area contributed by atoms with Crippen LogP contribution in [0.3, 0.4) is 0 Å². The summed E-state index contributed by atoms with van der Waals surface area (Å²) in [6.45, 7) is 4.89. The van der Waals surface area contributed by atoms with Gasteiger partial charge in [-0.25, -0.2) is 5.01 Å². The molecule has 2 fully saturated rings. The van der Waals surface area contributed by atoms with Gasteiger partial charge in [0.05, 0.1) is 0 Å². The second-order valence-corrected chi connectivity index (χ2v) is 5.66. The molecule has 2 atom stereocenters. The van der Waals surface area contributed by atoms with E-state index in [4.69, 9.17) is 0 Å². The highest BCUT2D eigenvalue weighted by molar-refractivity contribution is 4.74. The zero-order chi connectivity index (χ0) is 11.2. The van der Waals surface area contributed by atoms with E-state index in [2.05, 4.69) is 17.4 Å². The smallest absolute Gasteiger partial charge is 0.0215 e. The number of rotatable bonds is 3. The first kappa shape index (κ1) is 12.4. The van der Waals surface area contributed by atoms with Gasteiger partial charge in [0.25, 0.3) is 0 Å². The van der Waals surface area contributed by atoms with Crippen molar-refractivity contribution in [1.29, 1.82) is 0 Å². The fraction of sp³-hybridized carbons (Fsp3) is 1.00. The maximum atomic E-state index is 3.78. The van der Waals surface area contributed by atoms with Crippen LogP contribution in [-0.2, 0) is 0 Å². The van der Waals surface area contributed by atoms with Crippen LogP contribution < -0.4 is 5.43 Å². The molecule has 0 bridgehead atoms. The molecule has 0 amide bonds. The van der Waals surface area contributed by atoms with E-state index in [9.17, 15) is 0 Å². The van der Waals surface area contributed by atoms with Gasteiger partial charge in [0, 0.05) is 19.1 Å². The lowest BCUT2D eigenvalue weighted by atomic mass is 9.98. The lowest BCUT2D eigenvalue weighted by Crippen LogP contribution is -2.47. The third-order valence-corrected chi connectivity index (χ3v) is 4.39. The Morgan fingerprint density at radius 3 is 2.50 bits per heavy atom. The number of hydrogen-bond acceptors (Lipinski definition) is 2. The molecule has 1 N–H and O–H groups in total. The first-order valence-electron chi connectivity index (χ1n) is 7.39. The van der Waals surface area contributed by atoms with Crippen LogP contribution in [0.4, 0.5) is 0 Å². The number of nitrogens with zero attached hydrogens (tertiary/aromatic N) is 1. The lowest BCUT2D eigenvalue weighted by molar-refractivity contribution is 0.122. The summed E-state index contributed by atoms with van der Waals surface area (Å²) >= 11 is 0. The van der Waals surface area contributed by atoms with Gasteiger partial charge in [0.1, 0.15) is 0 Å². The van der Waals surface area contributed by atoms with Gasteiger partial charge >= 0.3 is 0 Å². The van der Waals surface area contributed by atoms with Crippen molar-refractivity contribution in [2.75, 3.05) is 13.1 Å². The summed E-state index contributed by atoms with van der Waals surface area (Å²) in [7, 11) is 0. The highest BCUT2D eigenvalue weighted by Crippen LogP contribution is 2.25. The Labute approximate surface area is 101 Å². The topological polar surface area (TPSA) is 15.3 Å². The maximum Gasteiger partial charge on any atom is 0.0215 e. The number of hydrazine groups is 1. The lowest BCUT2D eigenvalue weighted by Gasteiger charge is -2.31. The largest absolute Gasteiger partial charge is 0.252 e. The SMILES string of the molecule is CCC1CCCC(NN2CCCCC2)CC1. The summed E-state index contributed by atoms with van der Waals surface area (Å²) < 4.78 is 0. The van der Waals surface area contributed by atoms with Crippen LogP contribution in [0.25, 0.3) is 0 Å². The average molecular weight is 224 g/mol. The molecule has 2 heteroatoms. The molecule has 1 saturated heterocycles. The molecule has 94 valence electrons. The highest BCUT2D eigenvalue weighted by atomic mass is 15.5. The van der Waals surface area contributed by atoms with E-state index in [-0.39, 0.29) is 0 Å². The summed E-state index contributed by atoms with van der Waals surface area (Å²) in [6.07, 6.45) is 12.7. The molecular formula is C14H28N2. The van der Waals surface area contributed by atoms with Crippen molar-refractivity contribution >= 4 is 0 Å². The van der Waals surface area contributed by atoms with Crippen LogP contribution in [0.2, 0.25) is 0 Å². The standard InChI is InChI=1S/C14H28N2/c1-2-13-7-6-8-14(10-9-13)15-16-11-4-3-5-12-16/h13-15H,2-12H2,1H3. The van der Waals surface area contributed by atoms with Gasteiger partial charge < -0.3 is 0 Å². The third kappa shape index (κ3) is 3.74. The molecule has 2 nitrogen and oxygen atoms in total. The van der Waals surface area contributed by atoms with E-state index >= 15 is 0 Å². The molecular weight excluding hydrogens is 196 g/mol. The van der Waals surface area contributed by atoms with Crippen LogP contribution in [0.5, 0.6) is 0 Å². The van der Waals surface area contributed by atoms with Crippen LogP contribution in [0, 0.1) is 5.92 Å². The molecule has 0 spiro atoms. The predicted molar refractivity (Wildman–Crippen MR) is 69.2 cm³/mol. The Morgan fingerprint density at radius 2 is 1.75 bits per heavy atom. The normalized spacial score (nSPS) is 33.6. The molecule has 0 aromatic carbocycles. The van der Waals surface area contributed by atoms with E-state index in [0.29, 0.717) is 0 Å². The first-order valence-corrected chi connectivity index (χ1v) is 7.39. The molecule has 1 aliphatic carbocycles. The quantitative estimate of drug-likeness (QED) is 0.740. The summed E-state index contributed by atoms with van der Waals surface area (Å²) in [6, 6.07) is 0.773. The number of piperidine rings is 1. The molecule has 0 aromatic rings.